The fourth-order valence-corrected chi connectivity index (χ4v) is 4.97. The largest absolute Gasteiger partial charge is 0.481 e. The monoisotopic (exact) mass is 591 g/mol. The number of ether oxygens (including phenoxy) is 5. The van der Waals surface area contributed by atoms with Crippen molar-refractivity contribution in [1.29, 1.82) is 0 Å². The van der Waals surface area contributed by atoms with Crippen LogP contribution in [0, 0.1) is 0 Å². The predicted molar refractivity (Wildman–Crippen MR) is 152 cm³/mol. The molecule has 0 aliphatic carbocycles. The molecule has 13 heteroatoms. The zero-order chi connectivity index (χ0) is 30.3. The molecule has 0 saturated carbocycles. The van der Waals surface area contributed by atoms with Crippen LogP contribution in [0.4, 0.5) is 0 Å². The van der Waals surface area contributed by atoms with Crippen LogP contribution in [-0.2, 0) is 20.9 Å². The number of nitrogens with zero attached hydrogens (tertiary/aromatic N) is 4. The number of benzene rings is 1. The first-order valence-corrected chi connectivity index (χ1v) is 13.7. The Morgan fingerprint density at radius 2 is 1.91 bits per heavy atom. The van der Waals surface area contributed by atoms with E-state index in [1.807, 2.05) is 18.2 Å². The Bertz CT molecular complexity index is 1480. The van der Waals surface area contributed by atoms with Crippen LogP contribution >= 0.6 is 0 Å². The molecule has 5 rings (SSSR count). The molecule has 1 saturated heterocycles. The third-order valence-corrected chi connectivity index (χ3v) is 7.11. The molecule has 2 aliphatic rings. The van der Waals surface area contributed by atoms with Crippen LogP contribution in [0.1, 0.15) is 26.3 Å². The highest BCUT2D eigenvalue weighted by molar-refractivity contribution is 5.97. The molecule has 0 spiro atoms. The van der Waals surface area contributed by atoms with E-state index in [9.17, 15) is 14.4 Å². The summed E-state index contributed by atoms with van der Waals surface area (Å²) in [5.41, 5.74) is 1.35. The van der Waals surface area contributed by atoms with Crippen molar-refractivity contribution >= 4 is 17.7 Å². The maximum absolute atomic E-state index is 13.6. The van der Waals surface area contributed by atoms with Gasteiger partial charge in [-0.15, -0.1) is 0 Å². The van der Waals surface area contributed by atoms with E-state index >= 15 is 0 Å². The molecule has 1 fully saturated rings. The quantitative estimate of drug-likeness (QED) is 0.452. The Morgan fingerprint density at radius 1 is 1.05 bits per heavy atom. The number of carbonyl (C=O) groups is 3. The number of carbonyl (C=O) groups excluding carboxylic acids is 3. The minimum Gasteiger partial charge on any atom is -0.481 e. The first kappa shape index (κ1) is 29.7. The lowest BCUT2D eigenvalue weighted by molar-refractivity contribution is -0.123. The third kappa shape index (κ3) is 7.01. The summed E-state index contributed by atoms with van der Waals surface area (Å²) in [6.45, 7) is 0.753. The van der Waals surface area contributed by atoms with Crippen molar-refractivity contribution < 1.29 is 38.1 Å². The van der Waals surface area contributed by atoms with Crippen LogP contribution in [-0.4, -0.2) is 104 Å². The molecule has 1 aromatic carbocycles. The average Bonchev–Trinajstić information content (AvgIpc) is 3.43. The highest BCUT2D eigenvalue weighted by Gasteiger charge is 2.38. The summed E-state index contributed by atoms with van der Waals surface area (Å²) in [6.07, 6.45) is 2.40. The Kier molecular flexibility index (Phi) is 9.32. The molecule has 226 valence electrons. The minimum absolute atomic E-state index is 0.127. The van der Waals surface area contributed by atoms with Gasteiger partial charge in [-0.25, -0.2) is 0 Å². The van der Waals surface area contributed by atoms with Crippen LogP contribution in [0.3, 0.4) is 0 Å². The Morgan fingerprint density at radius 3 is 2.70 bits per heavy atom. The van der Waals surface area contributed by atoms with Gasteiger partial charge in [0.1, 0.15) is 17.1 Å². The van der Waals surface area contributed by atoms with Crippen molar-refractivity contribution in [2.45, 2.75) is 18.8 Å². The molecule has 1 N–H and O–H groups in total. The number of nitrogens with one attached hydrogen (secondary N) is 1. The van der Waals surface area contributed by atoms with Crippen LogP contribution < -0.4 is 19.5 Å². The first-order valence-electron chi connectivity index (χ1n) is 13.7. The van der Waals surface area contributed by atoms with Crippen molar-refractivity contribution in [2.24, 2.45) is 0 Å². The summed E-state index contributed by atoms with van der Waals surface area (Å²) in [5.74, 6) is 0.218. The normalized spacial score (nSPS) is 18.9. The SMILES string of the molecule is COCCN1CC(=O)N[C@H]2CN(C(=O)c3ccc(OC)nc3OC)C[C@@H]2OCc2cccc(c2)Oc2cncc(c2)C1=O. The molecule has 4 bridgehead atoms. The van der Waals surface area contributed by atoms with E-state index in [2.05, 4.69) is 15.3 Å². The molecule has 4 heterocycles. The van der Waals surface area contributed by atoms with Gasteiger partial charge >= 0.3 is 0 Å². The number of aromatic nitrogens is 2. The Labute approximate surface area is 248 Å². The maximum Gasteiger partial charge on any atom is 0.259 e. The smallest absolute Gasteiger partial charge is 0.259 e. The molecule has 0 unspecified atom stereocenters. The van der Waals surface area contributed by atoms with E-state index in [-0.39, 0.29) is 62.3 Å². The van der Waals surface area contributed by atoms with Gasteiger partial charge in [-0.2, -0.15) is 4.98 Å². The van der Waals surface area contributed by atoms with Gasteiger partial charge in [0.15, 0.2) is 0 Å². The van der Waals surface area contributed by atoms with Gasteiger partial charge in [-0.05, 0) is 29.8 Å². The van der Waals surface area contributed by atoms with Crippen LogP contribution in [0.25, 0.3) is 0 Å². The summed E-state index contributed by atoms with van der Waals surface area (Å²) in [6, 6.07) is 11.5. The molecule has 3 amide bonds. The Hall–Kier alpha value is -4.75. The van der Waals surface area contributed by atoms with Crippen LogP contribution in [0.5, 0.6) is 23.3 Å². The second kappa shape index (κ2) is 13.5. The molecule has 2 aliphatic heterocycles. The fourth-order valence-electron chi connectivity index (χ4n) is 4.97. The van der Waals surface area contributed by atoms with Crippen molar-refractivity contribution in [1.82, 2.24) is 25.1 Å². The topological polar surface area (TPSA) is 142 Å². The van der Waals surface area contributed by atoms with Gasteiger partial charge in [0.25, 0.3) is 11.8 Å². The number of hydrogen-bond donors (Lipinski definition) is 1. The number of pyridine rings is 2. The molecule has 2 atom stereocenters. The lowest BCUT2D eigenvalue weighted by Crippen LogP contribution is -2.49. The molecule has 0 radical (unpaired) electrons. The van der Waals surface area contributed by atoms with Crippen molar-refractivity contribution in [3.8, 4) is 23.3 Å². The number of likely N-dealkylation sites (tertiary alicyclic amines) is 1. The fraction of sp³-hybridized carbons (Fsp3) is 0.367. The van der Waals surface area contributed by atoms with E-state index in [4.69, 9.17) is 23.7 Å². The van der Waals surface area contributed by atoms with Gasteiger partial charge in [0, 0.05) is 39.0 Å². The molecule has 43 heavy (non-hydrogen) atoms. The van der Waals surface area contributed by atoms with Crippen LogP contribution in [0.15, 0.2) is 54.9 Å². The van der Waals surface area contributed by atoms with E-state index in [1.54, 1.807) is 29.2 Å². The summed E-state index contributed by atoms with van der Waals surface area (Å²) < 4.78 is 27.9. The van der Waals surface area contributed by atoms with E-state index < -0.39 is 24.0 Å². The van der Waals surface area contributed by atoms with Crippen molar-refractivity contribution in [2.75, 3.05) is 54.1 Å². The van der Waals surface area contributed by atoms with Crippen molar-refractivity contribution in [3.63, 3.8) is 0 Å². The molecule has 2 aromatic heterocycles. The van der Waals surface area contributed by atoms with Crippen LogP contribution in [0.2, 0.25) is 0 Å². The van der Waals surface area contributed by atoms with E-state index in [0.29, 0.717) is 17.4 Å². The third-order valence-electron chi connectivity index (χ3n) is 7.11. The summed E-state index contributed by atoms with van der Waals surface area (Å²) in [7, 11) is 4.42. The number of fused-ring (bicyclic) bond motifs is 5. The first-order chi connectivity index (χ1) is 20.9. The molecule has 3 aromatic rings. The number of methoxy groups -OCH3 is 3. The lowest BCUT2D eigenvalue weighted by Gasteiger charge is -2.25. The van der Waals surface area contributed by atoms with Gasteiger partial charge in [0.2, 0.25) is 17.7 Å². The van der Waals surface area contributed by atoms with Crippen molar-refractivity contribution in [3.05, 3.63) is 71.5 Å². The zero-order valence-corrected chi connectivity index (χ0v) is 24.1. The van der Waals surface area contributed by atoms with Gasteiger partial charge in [0.05, 0.1) is 57.9 Å². The highest BCUT2D eigenvalue weighted by Crippen LogP contribution is 2.27. The molecule has 13 nitrogen and oxygen atoms in total. The number of rotatable bonds is 6. The summed E-state index contributed by atoms with van der Waals surface area (Å²) in [5, 5.41) is 2.98. The van der Waals surface area contributed by atoms with Gasteiger partial charge < -0.3 is 38.8 Å². The second-order valence-electron chi connectivity index (χ2n) is 10.0. The minimum atomic E-state index is -0.551. The van der Waals surface area contributed by atoms with Gasteiger partial charge in [-0.3, -0.25) is 19.4 Å². The maximum atomic E-state index is 13.6. The Balaban J connectivity index is 1.43. The predicted octanol–water partition coefficient (Wildman–Crippen LogP) is 1.91. The van der Waals surface area contributed by atoms with Gasteiger partial charge in [-0.1, -0.05) is 12.1 Å². The highest BCUT2D eigenvalue weighted by atomic mass is 16.5. The number of hydrogen-bond acceptors (Lipinski definition) is 10. The molecular weight excluding hydrogens is 558 g/mol. The zero-order valence-electron chi connectivity index (χ0n) is 24.1. The lowest BCUT2D eigenvalue weighted by atomic mass is 10.2. The van der Waals surface area contributed by atoms with E-state index in [0.717, 1.165) is 5.56 Å². The summed E-state index contributed by atoms with van der Waals surface area (Å²) >= 11 is 0. The summed E-state index contributed by atoms with van der Waals surface area (Å²) in [4.78, 5) is 51.7. The standard InChI is InChI=1S/C30H33N5O8/c1-39-10-9-34-17-26(36)32-24-15-35(30(38)23-7-8-27(40-2)33-28(23)41-3)16-25(24)42-18-19-5-4-6-21(11-19)43-22-12-20(29(34)37)13-31-14-22/h4-8,11-14,24-25H,9-10,15-18H2,1-3H3,(H,32,36)/t24-,25-/m0/s1. The molecular formula is C30H33N5O8. The van der Waals surface area contributed by atoms with E-state index in [1.165, 1.54) is 38.6 Å². The average molecular weight is 592 g/mol. The number of amides is 3. The second-order valence-corrected chi connectivity index (χ2v) is 10.0.